The number of hydrogen-bond acceptors (Lipinski definition) is 8. The van der Waals surface area contributed by atoms with Crippen LogP contribution in [0.25, 0.3) is 10.2 Å². The number of nitrogens with zero attached hydrogens (tertiary/aromatic N) is 2. The maximum Gasteiger partial charge on any atom is 0.243 e. The van der Waals surface area contributed by atoms with E-state index < -0.39 is 45.9 Å². The van der Waals surface area contributed by atoms with Gasteiger partial charge in [0.1, 0.15) is 12.1 Å². The van der Waals surface area contributed by atoms with Crippen LogP contribution in [0.1, 0.15) is 62.7 Å². The Morgan fingerprint density at radius 2 is 1.93 bits per heavy atom. The number of piperidine rings is 1. The van der Waals surface area contributed by atoms with Crippen molar-refractivity contribution >= 4 is 55.1 Å². The molecule has 2 aliphatic heterocycles. The summed E-state index contributed by atoms with van der Waals surface area (Å²) in [5, 5.41) is 5.92. The number of fused-ring (bicyclic) bond motifs is 1. The molecule has 224 valence electrons. The molecular formula is C28H39N5O6S2. The number of hydrogen-bond donors (Lipinski definition) is 3. The van der Waals surface area contributed by atoms with Crippen LogP contribution in [0.5, 0.6) is 0 Å². The lowest BCUT2D eigenvalue weighted by atomic mass is 9.87. The van der Waals surface area contributed by atoms with Gasteiger partial charge in [0.2, 0.25) is 33.5 Å². The topological polar surface area (TPSA) is 155 Å². The quantitative estimate of drug-likeness (QED) is 0.331. The molecule has 1 aromatic heterocycles. The van der Waals surface area contributed by atoms with Crippen molar-refractivity contribution in [1.82, 2.24) is 25.2 Å². The summed E-state index contributed by atoms with van der Waals surface area (Å²) in [6.45, 7) is 6.32. The molecule has 2 aromatic rings. The highest BCUT2D eigenvalue weighted by molar-refractivity contribution is 7.88. The van der Waals surface area contributed by atoms with Crippen LogP contribution in [0.15, 0.2) is 24.3 Å². The molecule has 41 heavy (non-hydrogen) atoms. The number of para-hydroxylation sites is 1. The molecule has 3 heterocycles. The number of nitrogens with one attached hydrogen (secondary N) is 3. The van der Waals surface area contributed by atoms with Gasteiger partial charge in [-0.05, 0) is 49.7 Å². The maximum atomic E-state index is 13.9. The molecule has 1 aromatic carbocycles. The van der Waals surface area contributed by atoms with Gasteiger partial charge in [-0.25, -0.2) is 18.1 Å². The largest absolute Gasteiger partial charge is 0.356 e. The van der Waals surface area contributed by atoms with E-state index in [0.717, 1.165) is 17.4 Å². The molecule has 2 fully saturated rings. The minimum atomic E-state index is -3.68. The number of ketones is 1. The third-order valence-corrected chi connectivity index (χ3v) is 9.70. The van der Waals surface area contributed by atoms with Crippen molar-refractivity contribution in [2.24, 2.45) is 17.8 Å². The Morgan fingerprint density at radius 3 is 2.54 bits per heavy atom. The number of carbonyl (C=O) groups excluding carboxylic acids is 4. The summed E-state index contributed by atoms with van der Waals surface area (Å²) in [5.41, 5.74) is 0.678. The van der Waals surface area contributed by atoms with E-state index in [2.05, 4.69) is 20.3 Å². The predicted octanol–water partition coefficient (Wildman–Crippen LogP) is 2.08. The fourth-order valence-electron chi connectivity index (χ4n) is 5.58. The van der Waals surface area contributed by atoms with E-state index in [4.69, 9.17) is 0 Å². The van der Waals surface area contributed by atoms with Crippen LogP contribution in [0, 0.1) is 17.8 Å². The summed E-state index contributed by atoms with van der Waals surface area (Å²) in [7, 11) is -3.68. The molecule has 2 unspecified atom stereocenters. The molecule has 3 amide bonds. The number of rotatable bonds is 11. The minimum absolute atomic E-state index is 0.120. The number of sulfonamides is 1. The number of Topliss-reactive ketones (excluding diaryl/α,β-unsaturated/α-hetero) is 1. The molecule has 0 spiro atoms. The summed E-state index contributed by atoms with van der Waals surface area (Å²) in [6, 6.07) is 4.46. The van der Waals surface area contributed by atoms with Gasteiger partial charge in [0.15, 0.2) is 5.01 Å². The summed E-state index contributed by atoms with van der Waals surface area (Å²) in [5.74, 6) is -2.09. The first kappa shape index (κ1) is 31.0. The summed E-state index contributed by atoms with van der Waals surface area (Å²) < 4.78 is 27.3. The molecule has 5 atom stereocenters. The van der Waals surface area contributed by atoms with Gasteiger partial charge >= 0.3 is 0 Å². The van der Waals surface area contributed by atoms with Crippen molar-refractivity contribution < 1.29 is 27.6 Å². The van der Waals surface area contributed by atoms with Crippen LogP contribution in [-0.2, 0) is 24.4 Å². The lowest BCUT2D eigenvalue weighted by Crippen LogP contribution is -2.60. The van der Waals surface area contributed by atoms with Gasteiger partial charge < -0.3 is 15.5 Å². The maximum absolute atomic E-state index is 13.9. The molecule has 2 saturated heterocycles. The zero-order valence-electron chi connectivity index (χ0n) is 23.9. The average molecular weight is 606 g/mol. The van der Waals surface area contributed by atoms with Gasteiger partial charge in [0.25, 0.3) is 0 Å². The molecule has 2 aliphatic rings. The van der Waals surface area contributed by atoms with Crippen LogP contribution in [0.2, 0.25) is 0 Å². The molecule has 4 rings (SSSR count). The molecule has 0 aliphatic carbocycles. The number of likely N-dealkylation sites (tertiary alicyclic amines) is 1. The van der Waals surface area contributed by atoms with Gasteiger partial charge in [-0.3, -0.25) is 19.2 Å². The van der Waals surface area contributed by atoms with E-state index >= 15 is 0 Å². The predicted molar refractivity (Wildman–Crippen MR) is 157 cm³/mol. The molecule has 0 bridgehead atoms. The van der Waals surface area contributed by atoms with Crippen molar-refractivity contribution in [2.45, 2.75) is 71.0 Å². The van der Waals surface area contributed by atoms with E-state index in [9.17, 15) is 27.6 Å². The fraction of sp³-hybridized carbons (Fsp3) is 0.607. The zero-order valence-corrected chi connectivity index (χ0v) is 25.5. The fourth-order valence-corrected chi connectivity index (χ4v) is 7.38. The Kier molecular flexibility index (Phi) is 9.81. The number of thiazole rings is 1. The van der Waals surface area contributed by atoms with E-state index in [0.29, 0.717) is 37.9 Å². The smallest absolute Gasteiger partial charge is 0.243 e. The second-order valence-electron chi connectivity index (χ2n) is 11.4. The van der Waals surface area contributed by atoms with Crippen LogP contribution < -0.4 is 15.4 Å². The second-order valence-corrected chi connectivity index (χ2v) is 14.2. The molecule has 3 N–H and O–H groups in total. The van der Waals surface area contributed by atoms with E-state index in [1.54, 1.807) is 13.8 Å². The van der Waals surface area contributed by atoms with Gasteiger partial charge in [0.05, 0.1) is 22.5 Å². The molecular weight excluding hydrogens is 566 g/mol. The van der Waals surface area contributed by atoms with E-state index in [1.807, 2.05) is 31.2 Å². The normalized spacial score (nSPS) is 22.9. The third-order valence-electron chi connectivity index (χ3n) is 7.97. The number of aromatic nitrogens is 1. The summed E-state index contributed by atoms with van der Waals surface area (Å²) in [6.07, 6.45) is 3.57. The van der Waals surface area contributed by atoms with Crippen LogP contribution in [-0.4, -0.2) is 79.3 Å². The Morgan fingerprint density at radius 1 is 1.20 bits per heavy atom. The molecule has 0 saturated carbocycles. The SMILES string of the molecule is CCC1CCN(C(=O)[C@@H](NS(C)(=O)=O)C(C)C)C(C(=O)N[C@@H](C[C@@H]2CCNC2=O)C(=O)c2nc3ccccc3s2)C1. The minimum Gasteiger partial charge on any atom is -0.356 e. The zero-order chi connectivity index (χ0) is 29.9. The molecule has 11 nitrogen and oxygen atoms in total. The first-order valence-electron chi connectivity index (χ1n) is 14.1. The van der Waals surface area contributed by atoms with Gasteiger partial charge in [0, 0.05) is 19.0 Å². The van der Waals surface area contributed by atoms with Crippen LogP contribution in [0.4, 0.5) is 0 Å². The monoisotopic (exact) mass is 605 g/mol. The van der Waals surface area contributed by atoms with Gasteiger partial charge in [-0.2, -0.15) is 0 Å². The second kappa shape index (κ2) is 13.0. The lowest BCUT2D eigenvalue weighted by molar-refractivity contribution is -0.145. The Balaban J connectivity index is 1.62. The highest BCUT2D eigenvalue weighted by Crippen LogP contribution is 2.29. The van der Waals surface area contributed by atoms with Crippen molar-refractivity contribution in [2.75, 3.05) is 19.3 Å². The number of amides is 3. The third kappa shape index (κ3) is 7.49. The van der Waals surface area contributed by atoms with Crippen molar-refractivity contribution in [3.05, 3.63) is 29.3 Å². The van der Waals surface area contributed by atoms with Gasteiger partial charge in [-0.15, -0.1) is 11.3 Å². The Hall–Kier alpha value is -2.90. The highest BCUT2D eigenvalue weighted by atomic mass is 32.2. The van der Waals surface area contributed by atoms with Crippen molar-refractivity contribution in [3.8, 4) is 0 Å². The van der Waals surface area contributed by atoms with Crippen LogP contribution in [0.3, 0.4) is 0 Å². The average Bonchev–Trinajstić information content (AvgIpc) is 3.55. The first-order chi connectivity index (χ1) is 19.4. The summed E-state index contributed by atoms with van der Waals surface area (Å²) >= 11 is 1.23. The number of benzene rings is 1. The van der Waals surface area contributed by atoms with Crippen molar-refractivity contribution in [3.63, 3.8) is 0 Å². The Labute approximate surface area is 244 Å². The van der Waals surface area contributed by atoms with E-state index in [-0.39, 0.29) is 35.0 Å². The molecule has 0 radical (unpaired) electrons. The van der Waals surface area contributed by atoms with E-state index in [1.165, 1.54) is 16.2 Å². The van der Waals surface area contributed by atoms with Crippen molar-refractivity contribution in [1.29, 1.82) is 0 Å². The first-order valence-corrected chi connectivity index (χ1v) is 16.8. The summed E-state index contributed by atoms with van der Waals surface area (Å²) in [4.78, 5) is 59.7. The molecule has 13 heteroatoms. The van der Waals surface area contributed by atoms with Gasteiger partial charge in [-0.1, -0.05) is 39.3 Å². The van der Waals surface area contributed by atoms with Crippen LogP contribution >= 0.6 is 11.3 Å². The Bertz CT molecular complexity index is 1370. The number of carbonyl (C=O) groups is 4. The standard InChI is InChI=1S/C28H39N5O6S2/c1-5-17-11-13-33(28(37)23(16(2)3)32-41(4,38)39)21(14-17)26(36)30-20(15-18-10-12-29-25(18)35)24(34)27-31-19-8-6-7-9-22(19)40-27/h6-9,16-18,20-21,23,32H,5,10-15H2,1-4H3,(H,29,35)(H,30,36)/t17?,18-,20-,21?,23-/m0/s1. The highest BCUT2D eigenvalue weighted by Gasteiger charge is 2.41. The lowest BCUT2D eigenvalue weighted by Gasteiger charge is -2.41.